The Balaban J connectivity index is 1.67. The predicted molar refractivity (Wildman–Crippen MR) is 116 cm³/mol. The van der Waals surface area contributed by atoms with E-state index in [-0.39, 0.29) is 15.8 Å². The Kier molecular flexibility index (Phi) is 6.16. The van der Waals surface area contributed by atoms with E-state index >= 15 is 0 Å². The molecule has 0 spiro atoms. The van der Waals surface area contributed by atoms with Gasteiger partial charge in [-0.1, -0.05) is 30.3 Å². The third-order valence-electron chi connectivity index (χ3n) is 5.45. The van der Waals surface area contributed by atoms with Crippen molar-refractivity contribution >= 4 is 9.84 Å². The van der Waals surface area contributed by atoms with Crippen molar-refractivity contribution in [1.29, 1.82) is 0 Å². The first-order valence-corrected chi connectivity index (χ1v) is 11.5. The third kappa shape index (κ3) is 4.25. The smallest absolute Gasteiger partial charge is 0.208 e. The summed E-state index contributed by atoms with van der Waals surface area (Å²) >= 11 is 0. The van der Waals surface area contributed by atoms with E-state index in [1.165, 1.54) is 11.8 Å². The lowest BCUT2D eigenvalue weighted by Crippen LogP contribution is -2.33. The lowest BCUT2D eigenvalue weighted by Gasteiger charge is -2.36. The van der Waals surface area contributed by atoms with Crippen LogP contribution in [0.3, 0.4) is 0 Å². The molecule has 0 N–H and O–H groups in total. The van der Waals surface area contributed by atoms with Crippen LogP contribution in [0.4, 0.5) is 0 Å². The van der Waals surface area contributed by atoms with Gasteiger partial charge in [-0.25, -0.2) is 8.42 Å². The molecule has 2 aromatic carbocycles. The summed E-state index contributed by atoms with van der Waals surface area (Å²) in [6, 6.07) is 18.9. The summed E-state index contributed by atoms with van der Waals surface area (Å²) in [6.45, 7) is 1.55. The number of ether oxygens (including phenoxy) is 1. The van der Waals surface area contributed by atoms with Gasteiger partial charge in [0.1, 0.15) is 5.75 Å². The van der Waals surface area contributed by atoms with Gasteiger partial charge in [-0.3, -0.25) is 9.88 Å². The van der Waals surface area contributed by atoms with Crippen LogP contribution in [-0.2, 0) is 16.4 Å². The van der Waals surface area contributed by atoms with Crippen molar-refractivity contribution in [2.24, 2.45) is 0 Å². The molecule has 1 radical (unpaired) electrons. The second-order valence-corrected chi connectivity index (χ2v) is 9.32. The molecule has 1 aliphatic heterocycles. The van der Waals surface area contributed by atoms with Gasteiger partial charge in [0, 0.05) is 30.5 Å². The topological polar surface area (TPSA) is 59.5 Å². The van der Waals surface area contributed by atoms with Crippen molar-refractivity contribution in [1.82, 2.24) is 9.88 Å². The van der Waals surface area contributed by atoms with Gasteiger partial charge in [-0.2, -0.15) is 0 Å². The van der Waals surface area contributed by atoms with Gasteiger partial charge in [-0.15, -0.1) is 0 Å². The molecule has 1 aromatic heterocycles. The largest absolute Gasteiger partial charge is 0.496 e. The van der Waals surface area contributed by atoms with Gasteiger partial charge in [0.25, 0.3) is 0 Å². The molecule has 2 heterocycles. The third-order valence-corrected chi connectivity index (χ3v) is 7.19. The van der Waals surface area contributed by atoms with Gasteiger partial charge in [0.05, 0.1) is 16.9 Å². The highest BCUT2D eigenvalue weighted by atomic mass is 32.2. The minimum atomic E-state index is -3.64. The van der Waals surface area contributed by atoms with Crippen molar-refractivity contribution in [2.45, 2.75) is 35.2 Å². The highest BCUT2D eigenvalue weighted by Gasteiger charge is 2.26. The van der Waals surface area contributed by atoms with Crippen LogP contribution in [0.1, 0.15) is 30.0 Å². The van der Waals surface area contributed by atoms with E-state index in [9.17, 15) is 8.42 Å². The highest BCUT2D eigenvalue weighted by molar-refractivity contribution is 7.91. The second-order valence-electron chi connectivity index (χ2n) is 7.37. The van der Waals surface area contributed by atoms with Gasteiger partial charge in [0.2, 0.25) is 9.84 Å². The average molecular weight is 422 g/mol. The van der Waals surface area contributed by atoms with Crippen LogP contribution in [0.15, 0.2) is 82.8 Å². The lowest BCUT2D eigenvalue weighted by atomic mass is 9.94. The molecule has 5 nitrogen and oxygen atoms in total. The molecule has 1 fully saturated rings. The Morgan fingerprint density at radius 1 is 1.07 bits per heavy atom. The Morgan fingerprint density at radius 2 is 1.90 bits per heavy atom. The molecule has 3 aromatic rings. The number of likely N-dealkylation sites (tertiary alicyclic amines) is 1. The van der Waals surface area contributed by atoms with E-state index < -0.39 is 9.84 Å². The zero-order valence-electron chi connectivity index (χ0n) is 16.9. The molecule has 1 aliphatic rings. The van der Waals surface area contributed by atoms with Crippen molar-refractivity contribution in [3.05, 3.63) is 90.6 Å². The van der Waals surface area contributed by atoms with Crippen LogP contribution in [-0.4, -0.2) is 32.0 Å². The number of hydrogen-bond donors (Lipinski definition) is 0. The first kappa shape index (κ1) is 20.6. The molecule has 1 atom stereocenters. The monoisotopic (exact) mass is 421 g/mol. The summed E-state index contributed by atoms with van der Waals surface area (Å²) in [4.78, 5) is 6.77. The highest BCUT2D eigenvalue weighted by Crippen LogP contribution is 2.34. The number of benzene rings is 2. The molecule has 6 heteroatoms. The van der Waals surface area contributed by atoms with Gasteiger partial charge in [-0.05, 0) is 61.7 Å². The summed E-state index contributed by atoms with van der Waals surface area (Å²) in [6.07, 6.45) is 7.43. The quantitative estimate of drug-likeness (QED) is 0.588. The summed E-state index contributed by atoms with van der Waals surface area (Å²) in [5.41, 5.74) is 2.11. The van der Waals surface area contributed by atoms with Crippen LogP contribution in [0.2, 0.25) is 0 Å². The summed E-state index contributed by atoms with van der Waals surface area (Å²) in [5, 5.41) is 0. The normalized spacial score (nSPS) is 17.6. The molecule has 0 amide bonds. The van der Waals surface area contributed by atoms with E-state index in [1.54, 1.807) is 43.6 Å². The average Bonchev–Trinajstić information content (AvgIpc) is 2.80. The number of hydrogen-bond acceptors (Lipinski definition) is 5. The molecule has 4 rings (SSSR count). The molecular weight excluding hydrogens is 396 g/mol. The van der Waals surface area contributed by atoms with E-state index in [4.69, 9.17) is 4.74 Å². The van der Waals surface area contributed by atoms with Crippen LogP contribution in [0, 0.1) is 6.42 Å². The van der Waals surface area contributed by atoms with E-state index in [0.717, 1.165) is 24.9 Å². The molecule has 1 saturated heterocycles. The van der Waals surface area contributed by atoms with Crippen LogP contribution in [0.25, 0.3) is 0 Å². The molecule has 0 saturated carbocycles. The number of sulfone groups is 1. The number of methoxy groups -OCH3 is 1. The summed E-state index contributed by atoms with van der Waals surface area (Å²) < 4.78 is 31.7. The Hall–Kier alpha value is -2.70. The van der Waals surface area contributed by atoms with Gasteiger partial charge in [0.15, 0.2) is 0 Å². The molecule has 0 bridgehead atoms. The molecule has 0 unspecified atom stereocenters. The zero-order chi connectivity index (χ0) is 21.0. The first-order chi connectivity index (χ1) is 14.6. The lowest BCUT2D eigenvalue weighted by molar-refractivity contribution is 0.177. The predicted octanol–water partition coefficient (Wildman–Crippen LogP) is 4.46. The number of piperidine rings is 1. The van der Waals surface area contributed by atoms with Crippen LogP contribution in [0.5, 0.6) is 5.75 Å². The van der Waals surface area contributed by atoms with Gasteiger partial charge >= 0.3 is 0 Å². The summed E-state index contributed by atoms with van der Waals surface area (Å²) in [5.74, 6) is 0.692. The maximum Gasteiger partial charge on any atom is 0.208 e. The van der Waals surface area contributed by atoms with E-state index in [1.807, 2.05) is 6.07 Å². The van der Waals surface area contributed by atoms with Crippen LogP contribution < -0.4 is 4.74 Å². The van der Waals surface area contributed by atoms with Crippen molar-refractivity contribution in [2.75, 3.05) is 13.7 Å². The summed E-state index contributed by atoms with van der Waals surface area (Å²) in [7, 11) is -2.02. The SMILES string of the molecule is COc1ccc(S(=O)(=O)c2cccnc2)cc1CN1CCC[CH][C@H]1c1ccccc1. The molecule has 30 heavy (non-hydrogen) atoms. The van der Waals surface area contributed by atoms with Crippen molar-refractivity contribution in [3.8, 4) is 5.75 Å². The maximum atomic E-state index is 13.1. The molecular formula is C24H25N2O3S. The number of aromatic nitrogens is 1. The van der Waals surface area contributed by atoms with Crippen LogP contribution >= 0.6 is 0 Å². The first-order valence-electron chi connectivity index (χ1n) is 10.0. The van der Waals surface area contributed by atoms with E-state index in [0.29, 0.717) is 12.3 Å². The second kappa shape index (κ2) is 8.98. The molecule has 155 valence electrons. The molecule has 0 aliphatic carbocycles. The number of nitrogens with zero attached hydrogens (tertiary/aromatic N) is 2. The Labute approximate surface area is 178 Å². The minimum absolute atomic E-state index is 0.189. The fourth-order valence-corrected chi connectivity index (χ4v) is 5.21. The standard InChI is InChI=1S/C24H25N2O3S/c1-29-24-13-12-21(30(27,28)22-10-7-14-25-17-22)16-20(24)18-26-15-6-5-11-23(26)19-8-3-2-4-9-19/h2-4,7-14,16-17,23H,5-6,15,18H2,1H3/t23-/m0/s1. The number of rotatable bonds is 6. The van der Waals surface area contributed by atoms with Crippen molar-refractivity contribution in [3.63, 3.8) is 0 Å². The van der Waals surface area contributed by atoms with Crippen molar-refractivity contribution < 1.29 is 13.2 Å². The fraction of sp³-hybridized carbons (Fsp3) is 0.250. The van der Waals surface area contributed by atoms with E-state index in [2.05, 4.69) is 40.6 Å². The minimum Gasteiger partial charge on any atom is -0.496 e. The van der Waals surface area contributed by atoms with Gasteiger partial charge < -0.3 is 4.74 Å². The Morgan fingerprint density at radius 3 is 2.63 bits per heavy atom. The zero-order valence-corrected chi connectivity index (χ0v) is 17.8. The maximum absolute atomic E-state index is 13.1. The fourth-order valence-electron chi connectivity index (χ4n) is 3.94. The number of pyridine rings is 1. The Bertz CT molecular complexity index is 1090.